The second-order valence-corrected chi connectivity index (χ2v) is 5.28. The largest absolute Gasteiger partial charge is 0.371 e. The molecule has 0 unspecified atom stereocenters. The SMILES string of the molecule is O=C(CNC1=CC(=O)N(c2cccc(F)c2)C1=O)Nc1ccccc1. The highest BCUT2D eigenvalue weighted by Crippen LogP contribution is 2.22. The quantitative estimate of drug-likeness (QED) is 0.815. The van der Waals surface area contributed by atoms with Gasteiger partial charge in [0.15, 0.2) is 0 Å². The van der Waals surface area contributed by atoms with Crippen LogP contribution in [0.4, 0.5) is 15.8 Å². The molecule has 7 heteroatoms. The Morgan fingerprint density at radius 1 is 1.04 bits per heavy atom. The van der Waals surface area contributed by atoms with Crippen LogP contribution in [0.25, 0.3) is 0 Å². The molecular weight excluding hydrogens is 325 g/mol. The number of halogens is 1. The summed E-state index contributed by atoms with van der Waals surface area (Å²) >= 11 is 0. The van der Waals surface area contributed by atoms with E-state index < -0.39 is 17.6 Å². The van der Waals surface area contributed by atoms with Gasteiger partial charge < -0.3 is 10.6 Å². The van der Waals surface area contributed by atoms with Gasteiger partial charge in [-0.25, -0.2) is 9.29 Å². The number of nitrogens with zero attached hydrogens (tertiary/aromatic N) is 1. The van der Waals surface area contributed by atoms with Crippen LogP contribution >= 0.6 is 0 Å². The average molecular weight is 339 g/mol. The lowest BCUT2D eigenvalue weighted by atomic mass is 10.3. The van der Waals surface area contributed by atoms with Crippen molar-refractivity contribution >= 4 is 29.1 Å². The van der Waals surface area contributed by atoms with Crippen molar-refractivity contribution in [3.8, 4) is 0 Å². The van der Waals surface area contributed by atoms with Gasteiger partial charge in [0, 0.05) is 11.8 Å². The van der Waals surface area contributed by atoms with Crippen LogP contribution < -0.4 is 15.5 Å². The van der Waals surface area contributed by atoms with Gasteiger partial charge in [0.25, 0.3) is 11.8 Å². The number of hydrogen-bond acceptors (Lipinski definition) is 4. The Balaban J connectivity index is 1.62. The van der Waals surface area contributed by atoms with Crippen LogP contribution in [0.15, 0.2) is 66.4 Å². The highest BCUT2D eigenvalue weighted by Gasteiger charge is 2.32. The molecule has 3 amide bonds. The van der Waals surface area contributed by atoms with Crippen LogP contribution in [-0.4, -0.2) is 24.3 Å². The summed E-state index contributed by atoms with van der Waals surface area (Å²) < 4.78 is 13.3. The van der Waals surface area contributed by atoms with E-state index in [9.17, 15) is 18.8 Å². The van der Waals surface area contributed by atoms with E-state index in [-0.39, 0.29) is 23.8 Å². The molecule has 0 spiro atoms. The third kappa shape index (κ3) is 3.72. The molecule has 0 aromatic heterocycles. The van der Waals surface area contributed by atoms with E-state index in [0.717, 1.165) is 17.0 Å². The average Bonchev–Trinajstić information content (AvgIpc) is 2.88. The first kappa shape index (κ1) is 16.4. The van der Waals surface area contributed by atoms with Crippen molar-refractivity contribution in [2.24, 2.45) is 0 Å². The van der Waals surface area contributed by atoms with Crippen molar-refractivity contribution in [2.45, 2.75) is 0 Å². The number of imide groups is 1. The van der Waals surface area contributed by atoms with Gasteiger partial charge in [0.2, 0.25) is 5.91 Å². The van der Waals surface area contributed by atoms with E-state index in [1.54, 1.807) is 24.3 Å². The molecule has 0 aliphatic carbocycles. The highest BCUT2D eigenvalue weighted by atomic mass is 19.1. The van der Waals surface area contributed by atoms with Crippen molar-refractivity contribution in [3.05, 3.63) is 72.2 Å². The first-order chi connectivity index (χ1) is 12.0. The maximum atomic E-state index is 13.3. The van der Waals surface area contributed by atoms with E-state index in [2.05, 4.69) is 10.6 Å². The number of anilines is 2. The molecule has 2 aromatic carbocycles. The molecule has 3 rings (SSSR count). The molecule has 2 aromatic rings. The van der Waals surface area contributed by atoms with Gasteiger partial charge in [-0.2, -0.15) is 0 Å². The standard InChI is InChI=1S/C18H14FN3O3/c19-12-5-4-8-14(9-12)22-17(24)10-15(18(22)25)20-11-16(23)21-13-6-2-1-3-7-13/h1-10,20H,11H2,(H,21,23). The number of carbonyl (C=O) groups is 3. The number of para-hydroxylation sites is 1. The van der Waals surface area contributed by atoms with E-state index in [4.69, 9.17) is 0 Å². The third-order valence-electron chi connectivity index (χ3n) is 3.49. The summed E-state index contributed by atoms with van der Waals surface area (Å²) in [7, 11) is 0. The lowest BCUT2D eigenvalue weighted by Gasteiger charge is -2.15. The second-order valence-electron chi connectivity index (χ2n) is 5.28. The molecule has 0 radical (unpaired) electrons. The van der Waals surface area contributed by atoms with E-state index in [1.807, 2.05) is 6.07 Å². The van der Waals surface area contributed by atoms with Crippen molar-refractivity contribution in [2.75, 3.05) is 16.8 Å². The van der Waals surface area contributed by atoms with Crippen molar-refractivity contribution in [3.63, 3.8) is 0 Å². The summed E-state index contributed by atoms with van der Waals surface area (Å²) in [5.41, 5.74) is 0.743. The van der Waals surface area contributed by atoms with Crippen LogP contribution in [0.3, 0.4) is 0 Å². The number of amides is 3. The number of carbonyl (C=O) groups excluding carboxylic acids is 3. The predicted octanol–water partition coefficient (Wildman–Crippen LogP) is 1.81. The Labute approximate surface area is 142 Å². The van der Waals surface area contributed by atoms with E-state index in [1.165, 1.54) is 18.2 Å². The van der Waals surface area contributed by atoms with Crippen LogP contribution in [-0.2, 0) is 14.4 Å². The van der Waals surface area contributed by atoms with Gasteiger partial charge in [-0.05, 0) is 30.3 Å². The monoisotopic (exact) mass is 339 g/mol. The van der Waals surface area contributed by atoms with Crippen molar-refractivity contribution in [1.29, 1.82) is 0 Å². The van der Waals surface area contributed by atoms with E-state index in [0.29, 0.717) is 5.69 Å². The fourth-order valence-corrected chi connectivity index (χ4v) is 2.36. The second kappa shape index (κ2) is 6.96. The molecule has 6 nitrogen and oxygen atoms in total. The molecular formula is C18H14FN3O3. The summed E-state index contributed by atoms with van der Waals surface area (Å²) in [6.07, 6.45) is 1.09. The van der Waals surface area contributed by atoms with Gasteiger partial charge in [-0.15, -0.1) is 0 Å². The maximum absolute atomic E-state index is 13.3. The minimum atomic E-state index is -0.636. The summed E-state index contributed by atoms with van der Waals surface area (Å²) in [5, 5.41) is 5.29. The zero-order valence-electron chi connectivity index (χ0n) is 13.0. The Bertz CT molecular complexity index is 865. The summed E-state index contributed by atoms with van der Waals surface area (Å²) in [4.78, 5) is 37.1. The predicted molar refractivity (Wildman–Crippen MR) is 90.1 cm³/mol. The molecule has 0 saturated carbocycles. The van der Waals surface area contributed by atoms with Gasteiger partial charge >= 0.3 is 0 Å². The maximum Gasteiger partial charge on any atom is 0.281 e. The lowest BCUT2D eigenvalue weighted by molar-refractivity contribution is -0.120. The Morgan fingerprint density at radius 2 is 1.80 bits per heavy atom. The lowest BCUT2D eigenvalue weighted by Crippen LogP contribution is -2.35. The molecule has 2 N–H and O–H groups in total. The normalized spacial score (nSPS) is 13.6. The zero-order valence-corrected chi connectivity index (χ0v) is 13.0. The third-order valence-corrected chi connectivity index (χ3v) is 3.49. The number of nitrogens with one attached hydrogen (secondary N) is 2. The number of hydrogen-bond donors (Lipinski definition) is 2. The smallest absolute Gasteiger partial charge is 0.281 e. The molecule has 0 atom stereocenters. The minimum absolute atomic E-state index is 0.0162. The van der Waals surface area contributed by atoms with Gasteiger partial charge in [0.1, 0.15) is 11.5 Å². The fourth-order valence-electron chi connectivity index (χ4n) is 2.36. The Kier molecular flexibility index (Phi) is 4.56. The van der Waals surface area contributed by atoms with Gasteiger partial charge in [-0.3, -0.25) is 14.4 Å². The minimum Gasteiger partial charge on any atom is -0.371 e. The van der Waals surface area contributed by atoms with Crippen LogP contribution in [0.2, 0.25) is 0 Å². The Morgan fingerprint density at radius 3 is 2.52 bits per heavy atom. The molecule has 1 aliphatic heterocycles. The summed E-state index contributed by atoms with van der Waals surface area (Å²) in [5.74, 6) is -2.15. The van der Waals surface area contributed by atoms with E-state index >= 15 is 0 Å². The Hall–Kier alpha value is -3.48. The molecule has 1 heterocycles. The van der Waals surface area contributed by atoms with Crippen LogP contribution in [0.5, 0.6) is 0 Å². The molecule has 126 valence electrons. The summed E-state index contributed by atoms with van der Waals surface area (Å²) in [6.45, 7) is -0.184. The first-order valence-electron chi connectivity index (χ1n) is 7.49. The number of benzene rings is 2. The van der Waals surface area contributed by atoms with Crippen molar-refractivity contribution in [1.82, 2.24) is 5.32 Å². The molecule has 0 fully saturated rings. The van der Waals surface area contributed by atoms with Gasteiger partial charge in [0.05, 0.1) is 12.2 Å². The molecule has 1 aliphatic rings. The summed E-state index contributed by atoms with van der Waals surface area (Å²) in [6, 6.07) is 14.0. The molecule has 25 heavy (non-hydrogen) atoms. The molecule has 0 bridgehead atoms. The van der Waals surface area contributed by atoms with Gasteiger partial charge in [-0.1, -0.05) is 24.3 Å². The van der Waals surface area contributed by atoms with Crippen molar-refractivity contribution < 1.29 is 18.8 Å². The van der Waals surface area contributed by atoms with Crippen LogP contribution in [0, 0.1) is 5.82 Å². The highest BCUT2D eigenvalue weighted by molar-refractivity contribution is 6.30. The first-order valence-corrected chi connectivity index (χ1v) is 7.49. The molecule has 0 saturated heterocycles. The fraction of sp³-hybridized carbons (Fsp3) is 0.0556. The topological polar surface area (TPSA) is 78.5 Å². The zero-order chi connectivity index (χ0) is 17.8. The number of rotatable bonds is 5. The van der Waals surface area contributed by atoms with Crippen LogP contribution in [0.1, 0.15) is 0 Å².